The molecule has 8 heteroatoms. The van der Waals surface area contributed by atoms with Crippen LogP contribution in [-0.4, -0.2) is 29.8 Å². The van der Waals surface area contributed by atoms with E-state index < -0.39 is 11.7 Å². The molecule has 0 aliphatic carbocycles. The van der Waals surface area contributed by atoms with Gasteiger partial charge in [-0.2, -0.15) is 13.2 Å². The molecular formula is C20H19F3N2O3. The van der Waals surface area contributed by atoms with E-state index in [0.717, 1.165) is 12.5 Å². The van der Waals surface area contributed by atoms with Gasteiger partial charge in [0.2, 0.25) is 11.8 Å². The number of rotatable bonds is 6. The summed E-state index contributed by atoms with van der Waals surface area (Å²) in [5.41, 5.74) is -0.273. The highest BCUT2D eigenvalue weighted by Crippen LogP contribution is 2.32. The molecule has 0 saturated carbocycles. The third kappa shape index (κ3) is 5.03. The second-order valence-electron chi connectivity index (χ2n) is 6.44. The lowest BCUT2D eigenvalue weighted by Gasteiger charge is -2.16. The van der Waals surface area contributed by atoms with Crippen LogP contribution in [0.5, 0.6) is 5.75 Å². The zero-order valence-corrected chi connectivity index (χ0v) is 15.0. The van der Waals surface area contributed by atoms with Gasteiger partial charge in [-0.3, -0.25) is 9.59 Å². The Balaban J connectivity index is 1.61. The number of ether oxygens (including phenoxy) is 1. The zero-order valence-electron chi connectivity index (χ0n) is 15.0. The monoisotopic (exact) mass is 392 g/mol. The van der Waals surface area contributed by atoms with Crippen molar-refractivity contribution in [2.24, 2.45) is 0 Å². The Hall–Kier alpha value is -3.03. The quantitative estimate of drug-likeness (QED) is 0.813. The summed E-state index contributed by atoms with van der Waals surface area (Å²) < 4.78 is 44.6. The lowest BCUT2D eigenvalue weighted by molar-refractivity contribution is -0.138. The van der Waals surface area contributed by atoms with Gasteiger partial charge in [0.1, 0.15) is 12.4 Å². The molecule has 0 radical (unpaired) electrons. The van der Waals surface area contributed by atoms with Crippen molar-refractivity contribution in [3.63, 3.8) is 0 Å². The zero-order chi connectivity index (χ0) is 20.1. The highest BCUT2D eigenvalue weighted by atomic mass is 19.4. The Morgan fingerprint density at radius 3 is 2.64 bits per heavy atom. The standard InChI is InChI=1S/C20H19F3N2O3/c21-20(22,23)17-8-2-1-5-14(17)13-28-16-7-3-6-15(11-16)24-18(26)12-25-10-4-9-19(25)27/h1-3,5-8,11H,4,9-10,12-13H2,(H,24,26). The third-order valence-electron chi connectivity index (χ3n) is 4.34. The van der Waals surface area contributed by atoms with E-state index >= 15 is 0 Å². The molecule has 28 heavy (non-hydrogen) atoms. The second kappa shape index (κ2) is 8.33. The molecule has 1 fully saturated rings. The number of benzene rings is 2. The first-order valence-electron chi connectivity index (χ1n) is 8.78. The highest BCUT2D eigenvalue weighted by Gasteiger charge is 2.33. The minimum absolute atomic E-state index is 0.0249. The van der Waals surface area contributed by atoms with Crippen LogP contribution in [0.1, 0.15) is 24.0 Å². The van der Waals surface area contributed by atoms with Gasteiger partial charge in [-0.05, 0) is 24.6 Å². The molecule has 0 aromatic heterocycles. The minimum atomic E-state index is -4.46. The highest BCUT2D eigenvalue weighted by molar-refractivity contribution is 5.95. The van der Waals surface area contributed by atoms with Crippen molar-refractivity contribution < 1.29 is 27.5 Å². The second-order valence-corrected chi connectivity index (χ2v) is 6.44. The lowest BCUT2D eigenvalue weighted by Crippen LogP contribution is -2.33. The number of carbonyl (C=O) groups excluding carboxylic acids is 2. The predicted octanol–water partition coefficient (Wildman–Crippen LogP) is 3.85. The summed E-state index contributed by atoms with van der Waals surface area (Å²) in [5.74, 6) is -0.0580. The first-order valence-corrected chi connectivity index (χ1v) is 8.78. The van der Waals surface area contributed by atoms with E-state index in [1.165, 1.54) is 29.2 Å². The van der Waals surface area contributed by atoms with Crippen molar-refractivity contribution in [1.82, 2.24) is 4.90 Å². The molecule has 2 amide bonds. The molecular weight excluding hydrogens is 373 g/mol. The minimum Gasteiger partial charge on any atom is -0.489 e. The Kier molecular flexibility index (Phi) is 5.87. The van der Waals surface area contributed by atoms with Crippen molar-refractivity contribution in [1.29, 1.82) is 0 Å². The van der Waals surface area contributed by atoms with E-state index in [9.17, 15) is 22.8 Å². The number of hydrogen-bond donors (Lipinski definition) is 1. The van der Waals surface area contributed by atoms with Crippen LogP contribution in [0.25, 0.3) is 0 Å². The maximum Gasteiger partial charge on any atom is 0.416 e. The molecule has 2 aromatic carbocycles. The van der Waals surface area contributed by atoms with Crippen LogP contribution in [0, 0.1) is 0 Å². The van der Waals surface area contributed by atoms with E-state index in [4.69, 9.17) is 4.74 Å². The summed E-state index contributed by atoms with van der Waals surface area (Å²) in [6.07, 6.45) is -3.26. The molecule has 5 nitrogen and oxygen atoms in total. The SMILES string of the molecule is O=C(CN1CCCC1=O)Nc1cccc(OCc2ccccc2C(F)(F)F)c1. The molecule has 1 aliphatic heterocycles. The summed E-state index contributed by atoms with van der Waals surface area (Å²) in [5, 5.41) is 2.67. The first kappa shape index (κ1) is 19.7. The van der Waals surface area contributed by atoms with Crippen molar-refractivity contribution in [2.75, 3.05) is 18.4 Å². The molecule has 1 heterocycles. The van der Waals surface area contributed by atoms with Crippen molar-refractivity contribution in [2.45, 2.75) is 25.6 Å². The van der Waals surface area contributed by atoms with E-state index in [2.05, 4.69) is 5.32 Å². The third-order valence-corrected chi connectivity index (χ3v) is 4.34. The summed E-state index contributed by atoms with van der Waals surface area (Å²) in [4.78, 5) is 25.2. The topological polar surface area (TPSA) is 58.6 Å². The van der Waals surface area contributed by atoms with Crippen molar-refractivity contribution in [3.8, 4) is 5.75 Å². The van der Waals surface area contributed by atoms with E-state index in [0.29, 0.717) is 24.4 Å². The molecule has 148 valence electrons. The van der Waals surface area contributed by atoms with E-state index in [-0.39, 0.29) is 30.5 Å². The van der Waals surface area contributed by atoms with E-state index in [1.54, 1.807) is 18.2 Å². The smallest absolute Gasteiger partial charge is 0.416 e. The van der Waals surface area contributed by atoms with Crippen molar-refractivity contribution in [3.05, 3.63) is 59.7 Å². The van der Waals surface area contributed by atoms with Gasteiger partial charge in [0.25, 0.3) is 0 Å². The molecule has 2 aromatic rings. The average Bonchev–Trinajstić information content (AvgIpc) is 3.04. The number of halogens is 3. The molecule has 0 atom stereocenters. The largest absolute Gasteiger partial charge is 0.489 e. The number of hydrogen-bond acceptors (Lipinski definition) is 3. The van der Waals surface area contributed by atoms with Gasteiger partial charge in [-0.25, -0.2) is 0 Å². The van der Waals surface area contributed by atoms with Crippen molar-refractivity contribution >= 4 is 17.5 Å². The summed E-state index contributed by atoms with van der Waals surface area (Å²) >= 11 is 0. The van der Waals surface area contributed by atoms with Gasteiger partial charge in [-0.1, -0.05) is 24.3 Å². The maximum atomic E-state index is 13.0. The predicted molar refractivity (Wildman–Crippen MR) is 96.7 cm³/mol. The molecule has 1 saturated heterocycles. The van der Waals surface area contributed by atoms with Gasteiger partial charge in [-0.15, -0.1) is 0 Å². The van der Waals surface area contributed by atoms with Gasteiger partial charge in [0.05, 0.1) is 12.1 Å². The molecule has 1 aliphatic rings. The number of nitrogens with zero attached hydrogens (tertiary/aromatic N) is 1. The Labute approximate surface area is 160 Å². The van der Waals surface area contributed by atoms with Gasteiger partial charge < -0.3 is 15.0 Å². The Morgan fingerprint density at radius 1 is 1.14 bits per heavy atom. The molecule has 0 bridgehead atoms. The average molecular weight is 392 g/mol. The number of nitrogens with one attached hydrogen (secondary N) is 1. The van der Waals surface area contributed by atoms with Crippen LogP contribution in [0.2, 0.25) is 0 Å². The van der Waals surface area contributed by atoms with Crippen LogP contribution < -0.4 is 10.1 Å². The summed E-state index contributed by atoms with van der Waals surface area (Å²) in [6, 6.07) is 11.6. The lowest BCUT2D eigenvalue weighted by atomic mass is 10.1. The first-order chi connectivity index (χ1) is 13.3. The molecule has 0 unspecified atom stereocenters. The number of alkyl halides is 3. The van der Waals surface area contributed by atoms with Gasteiger partial charge in [0, 0.05) is 30.3 Å². The molecule has 1 N–H and O–H groups in total. The van der Waals surface area contributed by atoms with E-state index in [1.807, 2.05) is 0 Å². The Morgan fingerprint density at radius 2 is 1.93 bits per heavy atom. The fourth-order valence-electron chi connectivity index (χ4n) is 2.99. The molecule has 3 rings (SSSR count). The number of amides is 2. The van der Waals surface area contributed by atoms with Crippen LogP contribution >= 0.6 is 0 Å². The van der Waals surface area contributed by atoms with Gasteiger partial charge >= 0.3 is 6.18 Å². The normalized spacial score (nSPS) is 14.2. The number of anilines is 1. The fourth-order valence-corrected chi connectivity index (χ4v) is 2.99. The maximum absolute atomic E-state index is 13.0. The fraction of sp³-hybridized carbons (Fsp3) is 0.300. The Bertz CT molecular complexity index is 868. The summed E-state index contributed by atoms with van der Waals surface area (Å²) in [6.45, 7) is 0.284. The summed E-state index contributed by atoms with van der Waals surface area (Å²) in [7, 11) is 0. The molecule has 0 spiro atoms. The van der Waals surface area contributed by atoms with Crippen LogP contribution in [0.4, 0.5) is 18.9 Å². The van der Waals surface area contributed by atoms with Crippen LogP contribution in [0.3, 0.4) is 0 Å². The number of likely N-dealkylation sites (tertiary alicyclic amines) is 1. The van der Waals surface area contributed by atoms with Crippen LogP contribution in [0.15, 0.2) is 48.5 Å². The van der Waals surface area contributed by atoms with Gasteiger partial charge in [0.15, 0.2) is 0 Å². The number of carbonyl (C=O) groups is 2. The van der Waals surface area contributed by atoms with Crippen LogP contribution in [-0.2, 0) is 22.4 Å².